The molecule has 0 spiro atoms. The van der Waals surface area contributed by atoms with Crippen molar-refractivity contribution in [2.24, 2.45) is 0 Å². The summed E-state index contributed by atoms with van der Waals surface area (Å²) in [7, 11) is -3.82. The number of aromatic amines is 1. The summed E-state index contributed by atoms with van der Waals surface area (Å²) in [5.41, 5.74) is 0.0914. The molecule has 7 nitrogen and oxygen atoms in total. The lowest BCUT2D eigenvalue weighted by molar-refractivity contribution is 0.0891. The molecule has 0 radical (unpaired) electrons. The number of carbonyl (C=O) groups excluding carboxylic acids is 1. The number of amides is 1. The maximum Gasteiger partial charge on any atom is 0.255 e. The zero-order valence-corrected chi connectivity index (χ0v) is 13.5. The largest absolute Gasteiger partial charge is 0.347 e. The smallest absolute Gasteiger partial charge is 0.255 e. The Labute approximate surface area is 137 Å². The maximum absolute atomic E-state index is 12.3. The van der Waals surface area contributed by atoms with Gasteiger partial charge in [-0.05, 0) is 31.2 Å². The first-order valence-electron chi connectivity index (χ1n) is 6.97. The molecule has 0 aliphatic carbocycles. The average molecular weight is 358 g/mol. The summed E-state index contributed by atoms with van der Waals surface area (Å²) in [6.07, 6.45) is 0.431. The first-order chi connectivity index (χ1) is 11.3. The molecule has 0 unspecified atom stereocenters. The van der Waals surface area contributed by atoms with Crippen LogP contribution in [0.15, 0.2) is 41.6 Å². The summed E-state index contributed by atoms with van der Waals surface area (Å²) in [5.74, 6) is -0.238. The van der Waals surface area contributed by atoms with Crippen molar-refractivity contribution in [2.75, 3.05) is 6.54 Å². The SMILES string of the molecule is C[C@H](NS(=O)(=O)c1ccc(C(=O)NCC(F)F)cc1)c1ncc[nH]1. The Morgan fingerprint density at radius 3 is 2.50 bits per heavy atom. The number of nitrogens with one attached hydrogen (secondary N) is 3. The number of nitrogens with zero attached hydrogens (tertiary/aromatic N) is 1. The van der Waals surface area contributed by atoms with Gasteiger partial charge in [-0.1, -0.05) is 0 Å². The molecule has 10 heteroatoms. The highest BCUT2D eigenvalue weighted by Gasteiger charge is 2.20. The fourth-order valence-corrected chi connectivity index (χ4v) is 3.14. The number of H-pyrrole nitrogens is 1. The number of carbonyl (C=O) groups is 1. The van der Waals surface area contributed by atoms with Crippen molar-refractivity contribution in [3.63, 3.8) is 0 Å². The van der Waals surface area contributed by atoms with Gasteiger partial charge in [-0.2, -0.15) is 0 Å². The lowest BCUT2D eigenvalue weighted by Gasteiger charge is -2.12. The maximum atomic E-state index is 12.3. The number of halogens is 2. The van der Waals surface area contributed by atoms with Crippen molar-refractivity contribution < 1.29 is 22.0 Å². The van der Waals surface area contributed by atoms with Crippen LogP contribution in [0.3, 0.4) is 0 Å². The van der Waals surface area contributed by atoms with Crippen LogP contribution in [0.1, 0.15) is 29.1 Å². The van der Waals surface area contributed by atoms with Gasteiger partial charge >= 0.3 is 0 Å². The van der Waals surface area contributed by atoms with Gasteiger partial charge < -0.3 is 10.3 Å². The van der Waals surface area contributed by atoms with E-state index in [1.165, 1.54) is 30.5 Å². The second kappa shape index (κ2) is 7.49. The molecule has 1 amide bonds. The van der Waals surface area contributed by atoms with Gasteiger partial charge in [0.2, 0.25) is 10.0 Å². The van der Waals surface area contributed by atoms with Gasteiger partial charge in [0.15, 0.2) is 0 Å². The summed E-state index contributed by atoms with van der Waals surface area (Å²) in [4.78, 5) is 18.3. The van der Waals surface area contributed by atoms with Crippen molar-refractivity contribution >= 4 is 15.9 Å². The van der Waals surface area contributed by atoms with E-state index < -0.39 is 34.9 Å². The summed E-state index contributed by atoms with van der Waals surface area (Å²) in [6.45, 7) is 0.865. The monoisotopic (exact) mass is 358 g/mol. The van der Waals surface area contributed by atoms with E-state index in [2.05, 4.69) is 14.7 Å². The van der Waals surface area contributed by atoms with E-state index in [0.717, 1.165) is 0 Å². The molecule has 24 heavy (non-hydrogen) atoms. The van der Waals surface area contributed by atoms with E-state index in [1.807, 2.05) is 5.32 Å². The molecular weight excluding hydrogens is 342 g/mol. The quantitative estimate of drug-likeness (QED) is 0.697. The Bertz CT molecular complexity index is 777. The van der Waals surface area contributed by atoms with Crippen LogP contribution in [0.25, 0.3) is 0 Å². The number of aromatic nitrogens is 2. The third-order valence-electron chi connectivity index (χ3n) is 3.11. The van der Waals surface area contributed by atoms with Gasteiger partial charge in [0, 0.05) is 18.0 Å². The second-order valence-corrected chi connectivity index (χ2v) is 6.66. The van der Waals surface area contributed by atoms with Crippen molar-refractivity contribution in [2.45, 2.75) is 24.3 Å². The number of benzene rings is 1. The molecule has 0 aliphatic rings. The lowest BCUT2D eigenvalue weighted by atomic mass is 10.2. The van der Waals surface area contributed by atoms with Gasteiger partial charge in [-0.25, -0.2) is 26.9 Å². The third-order valence-corrected chi connectivity index (χ3v) is 4.66. The van der Waals surface area contributed by atoms with E-state index in [9.17, 15) is 22.0 Å². The summed E-state index contributed by atoms with van der Waals surface area (Å²) in [5, 5.41) is 2.04. The second-order valence-electron chi connectivity index (χ2n) is 4.94. The van der Waals surface area contributed by atoms with Crippen LogP contribution in [0.4, 0.5) is 8.78 Å². The molecule has 2 aromatic rings. The van der Waals surface area contributed by atoms with Crippen molar-refractivity contribution in [3.05, 3.63) is 48.0 Å². The molecule has 1 heterocycles. The Balaban J connectivity index is 2.07. The summed E-state index contributed by atoms with van der Waals surface area (Å²) < 4.78 is 51.1. The van der Waals surface area contributed by atoms with Crippen LogP contribution in [0.2, 0.25) is 0 Å². The Morgan fingerprint density at radius 1 is 1.29 bits per heavy atom. The van der Waals surface area contributed by atoms with Crippen molar-refractivity contribution in [3.8, 4) is 0 Å². The third kappa shape index (κ3) is 4.59. The fourth-order valence-electron chi connectivity index (χ4n) is 1.93. The van der Waals surface area contributed by atoms with E-state index in [1.54, 1.807) is 13.1 Å². The number of sulfonamides is 1. The first-order valence-corrected chi connectivity index (χ1v) is 8.46. The first kappa shape index (κ1) is 18.0. The highest BCUT2D eigenvalue weighted by molar-refractivity contribution is 7.89. The topological polar surface area (TPSA) is 104 Å². The molecule has 130 valence electrons. The molecular formula is C14H16F2N4O3S. The minimum Gasteiger partial charge on any atom is -0.347 e. The van der Waals surface area contributed by atoms with Gasteiger partial charge in [0.1, 0.15) is 5.82 Å². The van der Waals surface area contributed by atoms with Crippen LogP contribution in [0, 0.1) is 0 Å². The highest BCUT2D eigenvalue weighted by Crippen LogP contribution is 2.15. The van der Waals surface area contributed by atoms with E-state index in [4.69, 9.17) is 0 Å². The van der Waals surface area contributed by atoms with E-state index in [-0.39, 0.29) is 10.5 Å². The summed E-state index contributed by atoms with van der Waals surface area (Å²) in [6, 6.07) is 4.40. The Kier molecular flexibility index (Phi) is 5.62. The summed E-state index contributed by atoms with van der Waals surface area (Å²) >= 11 is 0. The Morgan fingerprint density at radius 2 is 1.96 bits per heavy atom. The molecule has 1 aromatic heterocycles. The molecule has 0 bridgehead atoms. The number of imidazole rings is 1. The highest BCUT2D eigenvalue weighted by atomic mass is 32.2. The van der Waals surface area contributed by atoms with Crippen molar-refractivity contribution in [1.29, 1.82) is 0 Å². The van der Waals surface area contributed by atoms with Crippen LogP contribution in [-0.2, 0) is 10.0 Å². The van der Waals surface area contributed by atoms with Gasteiger partial charge in [-0.3, -0.25) is 4.79 Å². The normalized spacial score (nSPS) is 13.0. The van der Waals surface area contributed by atoms with Gasteiger partial charge in [0.05, 0.1) is 17.5 Å². The number of hydrogen-bond donors (Lipinski definition) is 3. The fraction of sp³-hybridized carbons (Fsp3) is 0.286. The number of rotatable bonds is 7. The van der Waals surface area contributed by atoms with Gasteiger partial charge in [0.25, 0.3) is 12.3 Å². The lowest BCUT2D eigenvalue weighted by Crippen LogP contribution is -2.29. The van der Waals surface area contributed by atoms with Crippen LogP contribution >= 0.6 is 0 Å². The predicted octanol–water partition coefficient (Wildman–Crippen LogP) is 1.44. The number of alkyl halides is 2. The molecule has 0 saturated heterocycles. The molecule has 3 N–H and O–H groups in total. The molecule has 2 rings (SSSR count). The predicted molar refractivity (Wildman–Crippen MR) is 82.1 cm³/mol. The number of hydrogen-bond acceptors (Lipinski definition) is 4. The van der Waals surface area contributed by atoms with Crippen molar-refractivity contribution in [1.82, 2.24) is 20.0 Å². The zero-order chi connectivity index (χ0) is 17.7. The minimum absolute atomic E-state index is 0.0497. The molecule has 0 saturated carbocycles. The van der Waals surface area contributed by atoms with Crippen LogP contribution in [0.5, 0.6) is 0 Å². The van der Waals surface area contributed by atoms with Gasteiger partial charge in [-0.15, -0.1) is 0 Å². The molecule has 1 aromatic carbocycles. The Hall–Kier alpha value is -2.33. The standard InChI is InChI=1S/C14H16F2N4O3S/c1-9(13-17-6-7-18-13)20-24(22,23)11-4-2-10(3-5-11)14(21)19-8-12(15)16/h2-7,9,12,20H,8H2,1H3,(H,17,18)(H,19,21)/t9-/m0/s1. The zero-order valence-electron chi connectivity index (χ0n) is 12.7. The molecule has 1 atom stereocenters. The minimum atomic E-state index is -3.82. The van der Waals surface area contributed by atoms with Crippen LogP contribution < -0.4 is 10.0 Å². The van der Waals surface area contributed by atoms with E-state index >= 15 is 0 Å². The molecule has 0 fully saturated rings. The van der Waals surface area contributed by atoms with Crippen LogP contribution in [-0.4, -0.2) is 37.3 Å². The molecule has 0 aliphatic heterocycles. The van der Waals surface area contributed by atoms with E-state index in [0.29, 0.717) is 5.82 Å². The average Bonchev–Trinajstić information content (AvgIpc) is 3.07.